The molecule has 1 aliphatic rings. The van der Waals surface area contributed by atoms with E-state index in [9.17, 15) is 4.79 Å². The van der Waals surface area contributed by atoms with Crippen LogP contribution in [0.4, 0.5) is 4.79 Å². The number of nitrogens with one attached hydrogen (secondary N) is 1. The maximum atomic E-state index is 12.1. The van der Waals surface area contributed by atoms with Crippen molar-refractivity contribution < 1.29 is 9.53 Å². The lowest BCUT2D eigenvalue weighted by Crippen LogP contribution is -2.39. The van der Waals surface area contributed by atoms with Gasteiger partial charge >= 0.3 is 6.09 Å². The van der Waals surface area contributed by atoms with Crippen LogP contribution in [0.5, 0.6) is 5.88 Å². The predicted octanol–water partition coefficient (Wildman–Crippen LogP) is 2.30. The first-order valence-electron chi connectivity index (χ1n) is 6.83. The number of amides is 1. The van der Waals surface area contributed by atoms with Gasteiger partial charge in [-0.1, -0.05) is 6.92 Å². The Morgan fingerprint density at radius 3 is 3.00 bits per heavy atom. The average molecular weight is 273 g/mol. The number of ether oxygens (including phenoxy) is 1. The van der Waals surface area contributed by atoms with Crippen molar-refractivity contribution in [3.8, 4) is 5.88 Å². The molecular formula is C14H17N4O2. The number of aromatic amines is 1. The number of hydrogen-bond acceptors (Lipinski definition) is 4. The summed E-state index contributed by atoms with van der Waals surface area (Å²) < 4.78 is 5.41. The molecule has 6 heteroatoms. The predicted molar refractivity (Wildman–Crippen MR) is 73.5 cm³/mol. The third kappa shape index (κ3) is 2.33. The Balaban J connectivity index is 1.78. The summed E-state index contributed by atoms with van der Waals surface area (Å²) in [6.45, 7) is 5.60. The van der Waals surface area contributed by atoms with Gasteiger partial charge < -0.3 is 9.64 Å². The molecule has 3 rings (SSSR count). The number of rotatable bonds is 1. The minimum absolute atomic E-state index is 0.294. The van der Waals surface area contributed by atoms with Gasteiger partial charge in [-0.3, -0.25) is 5.10 Å². The number of fused-ring (bicyclic) bond motifs is 1. The van der Waals surface area contributed by atoms with E-state index in [4.69, 9.17) is 4.74 Å². The molecule has 0 spiro atoms. The number of hydrogen-bond donors (Lipinski definition) is 1. The molecule has 0 saturated carbocycles. The van der Waals surface area contributed by atoms with Crippen molar-refractivity contribution >= 4 is 17.1 Å². The minimum atomic E-state index is -0.336. The molecule has 20 heavy (non-hydrogen) atoms. The van der Waals surface area contributed by atoms with Crippen LogP contribution in [-0.2, 0) is 0 Å². The van der Waals surface area contributed by atoms with E-state index in [1.54, 1.807) is 11.0 Å². The Morgan fingerprint density at radius 1 is 1.50 bits per heavy atom. The molecule has 1 radical (unpaired) electrons. The molecule has 105 valence electrons. The van der Waals surface area contributed by atoms with Crippen LogP contribution < -0.4 is 4.74 Å². The van der Waals surface area contributed by atoms with Crippen LogP contribution in [0.3, 0.4) is 0 Å². The Bertz CT molecular complexity index is 629. The van der Waals surface area contributed by atoms with Gasteiger partial charge in [0, 0.05) is 13.1 Å². The van der Waals surface area contributed by atoms with E-state index < -0.39 is 0 Å². The van der Waals surface area contributed by atoms with Crippen LogP contribution in [0.25, 0.3) is 11.0 Å². The quantitative estimate of drug-likeness (QED) is 0.865. The van der Waals surface area contributed by atoms with E-state index in [2.05, 4.69) is 28.3 Å². The lowest BCUT2D eigenvalue weighted by Gasteiger charge is -2.29. The lowest BCUT2D eigenvalue weighted by molar-refractivity contribution is 0.132. The maximum absolute atomic E-state index is 12.1. The molecule has 1 N–H and O–H groups in total. The van der Waals surface area contributed by atoms with Gasteiger partial charge in [-0.2, -0.15) is 0 Å². The zero-order valence-electron chi connectivity index (χ0n) is 11.6. The third-order valence-corrected chi connectivity index (χ3v) is 3.79. The molecule has 3 heterocycles. The smallest absolute Gasteiger partial charge is 0.389 e. The summed E-state index contributed by atoms with van der Waals surface area (Å²) in [7, 11) is 0. The average Bonchev–Trinajstić information content (AvgIpc) is 2.84. The Hall–Kier alpha value is -2.11. The van der Waals surface area contributed by atoms with Crippen molar-refractivity contribution in [3.05, 3.63) is 17.8 Å². The minimum Gasteiger partial charge on any atom is -0.389 e. The SMILES string of the molecule is Cc1c[c]nc2[nH]nc(OC(=O)N3CCC(C)CC3)c12. The van der Waals surface area contributed by atoms with Crippen LogP contribution in [0.15, 0.2) is 6.07 Å². The van der Waals surface area contributed by atoms with Crippen molar-refractivity contribution in [1.82, 2.24) is 20.1 Å². The van der Waals surface area contributed by atoms with E-state index in [0.29, 0.717) is 17.4 Å². The maximum Gasteiger partial charge on any atom is 0.416 e. The number of H-pyrrole nitrogens is 1. The summed E-state index contributed by atoms with van der Waals surface area (Å²) in [5.41, 5.74) is 1.51. The number of piperidine rings is 1. The van der Waals surface area contributed by atoms with Gasteiger partial charge in [0.15, 0.2) is 5.65 Å². The van der Waals surface area contributed by atoms with Crippen molar-refractivity contribution in [2.75, 3.05) is 13.1 Å². The van der Waals surface area contributed by atoms with Crippen molar-refractivity contribution in [1.29, 1.82) is 0 Å². The molecule has 0 unspecified atom stereocenters. The summed E-state index contributed by atoms with van der Waals surface area (Å²) in [5, 5.41) is 7.52. The van der Waals surface area contributed by atoms with Crippen LogP contribution in [0.1, 0.15) is 25.3 Å². The summed E-state index contributed by atoms with van der Waals surface area (Å²) in [6, 6.07) is 1.75. The van der Waals surface area contributed by atoms with E-state index in [-0.39, 0.29) is 6.09 Å². The Morgan fingerprint density at radius 2 is 2.25 bits per heavy atom. The van der Waals surface area contributed by atoms with Gasteiger partial charge in [-0.05, 0) is 37.3 Å². The molecule has 6 nitrogen and oxygen atoms in total. The first-order valence-corrected chi connectivity index (χ1v) is 6.83. The number of carbonyl (C=O) groups excluding carboxylic acids is 1. The summed E-state index contributed by atoms with van der Waals surface area (Å²) in [6.07, 6.45) is 4.47. The molecule has 0 atom stereocenters. The van der Waals surface area contributed by atoms with Gasteiger partial charge in [0.1, 0.15) is 0 Å². The number of likely N-dealkylation sites (tertiary alicyclic amines) is 1. The normalized spacial score (nSPS) is 16.6. The molecule has 0 aromatic carbocycles. The zero-order chi connectivity index (χ0) is 14.1. The molecule has 1 aliphatic heterocycles. The first kappa shape index (κ1) is 12.9. The van der Waals surface area contributed by atoms with Crippen molar-refractivity contribution in [3.63, 3.8) is 0 Å². The van der Waals surface area contributed by atoms with Gasteiger partial charge in [-0.25, -0.2) is 9.78 Å². The second-order valence-electron chi connectivity index (χ2n) is 5.36. The van der Waals surface area contributed by atoms with Crippen LogP contribution >= 0.6 is 0 Å². The largest absolute Gasteiger partial charge is 0.416 e. The molecule has 2 aromatic heterocycles. The molecule has 1 fully saturated rings. The zero-order valence-corrected chi connectivity index (χ0v) is 11.6. The lowest BCUT2D eigenvalue weighted by atomic mass is 10.00. The molecule has 0 bridgehead atoms. The van der Waals surface area contributed by atoms with E-state index in [0.717, 1.165) is 36.9 Å². The molecule has 1 amide bonds. The second-order valence-corrected chi connectivity index (χ2v) is 5.36. The second kappa shape index (κ2) is 5.11. The Labute approximate surface area is 117 Å². The highest BCUT2D eigenvalue weighted by molar-refractivity contribution is 5.86. The number of pyridine rings is 1. The highest BCUT2D eigenvalue weighted by atomic mass is 16.6. The Kier molecular flexibility index (Phi) is 3.30. The van der Waals surface area contributed by atoms with Crippen LogP contribution in [-0.4, -0.2) is 39.3 Å². The van der Waals surface area contributed by atoms with Gasteiger partial charge in [0.05, 0.1) is 11.6 Å². The summed E-state index contributed by atoms with van der Waals surface area (Å²) in [5.74, 6) is 0.967. The highest BCUT2D eigenvalue weighted by Gasteiger charge is 2.23. The van der Waals surface area contributed by atoms with Gasteiger partial charge in [0.2, 0.25) is 0 Å². The molecule has 0 aliphatic carbocycles. The topological polar surface area (TPSA) is 71.1 Å². The standard InChI is InChI=1S/C14H17N4O2/c1-9-4-7-18(8-5-9)14(19)20-13-11-10(2)3-6-15-12(11)16-17-13/h3,9H,4-5,7-8H2,1-2H3,(H,15,16,17). The van der Waals surface area contributed by atoms with E-state index >= 15 is 0 Å². The van der Waals surface area contributed by atoms with Crippen LogP contribution in [0, 0.1) is 19.0 Å². The van der Waals surface area contributed by atoms with Crippen molar-refractivity contribution in [2.24, 2.45) is 5.92 Å². The van der Waals surface area contributed by atoms with Gasteiger partial charge in [0.25, 0.3) is 5.88 Å². The van der Waals surface area contributed by atoms with Crippen LogP contribution in [0.2, 0.25) is 0 Å². The fourth-order valence-electron chi connectivity index (χ4n) is 2.43. The highest BCUT2D eigenvalue weighted by Crippen LogP contribution is 2.25. The summed E-state index contributed by atoms with van der Waals surface area (Å²) >= 11 is 0. The van der Waals surface area contributed by atoms with Crippen molar-refractivity contribution in [2.45, 2.75) is 26.7 Å². The number of nitrogens with zero attached hydrogens (tertiary/aromatic N) is 3. The summed E-state index contributed by atoms with van der Waals surface area (Å²) in [4.78, 5) is 17.9. The van der Waals surface area contributed by atoms with E-state index in [1.165, 1.54) is 0 Å². The first-order chi connectivity index (χ1) is 9.65. The molecular weight excluding hydrogens is 256 g/mol. The van der Waals surface area contributed by atoms with Gasteiger partial charge in [-0.15, -0.1) is 5.10 Å². The number of aromatic nitrogens is 3. The number of aryl methyl sites for hydroxylation is 1. The third-order valence-electron chi connectivity index (χ3n) is 3.79. The monoisotopic (exact) mass is 273 g/mol. The fourth-order valence-corrected chi connectivity index (χ4v) is 2.43. The molecule has 1 saturated heterocycles. The molecule has 2 aromatic rings. The van der Waals surface area contributed by atoms with E-state index in [1.807, 2.05) is 6.92 Å². The fraction of sp³-hybridized carbons (Fsp3) is 0.500. The number of carbonyl (C=O) groups is 1.